The largest absolute Gasteiger partial charge is 0.459 e. The minimum absolute atomic E-state index is 0.0712. The van der Waals surface area contributed by atoms with Gasteiger partial charge in [0.15, 0.2) is 0 Å². The van der Waals surface area contributed by atoms with Crippen LogP contribution < -0.4 is 5.48 Å². The van der Waals surface area contributed by atoms with Crippen molar-refractivity contribution in [3.63, 3.8) is 0 Å². The van der Waals surface area contributed by atoms with Gasteiger partial charge >= 0.3 is 12.1 Å². The van der Waals surface area contributed by atoms with E-state index in [0.29, 0.717) is 0 Å². The maximum atomic E-state index is 10.4. The van der Waals surface area contributed by atoms with Gasteiger partial charge in [-0.15, -0.1) is 0 Å². The topological polar surface area (TPSA) is 84.9 Å². The summed E-state index contributed by atoms with van der Waals surface area (Å²) in [6, 6.07) is 0. The summed E-state index contributed by atoms with van der Waals surface area (Å²) in [6.45, 7) is 2.97. The summed E-state index contributed by atoms with van der Waals surface area (Å²) < 4.78 is 8.72. The Morgan fingerprint density at radius 3 is 2.50 bits per heavy atom. The second-order valence-corrected chi connectivity index (χ2v) is 1.62. The van der Waals surface area contributed by atoms with Crippen LogP contribution in [0.1, 0.15) is 0 Å². The van der Waals surface area contributed by atoms with Gasteiger partial charge in [-0.05, 0) is 0 Å². The maximum absolute atomic E-state index is 10.4. The molecule has 0 heterocycles. The number of carbonyl (C=O) groups excluding carboxylic acids is 2. The molecule has 1 amide bonds. The highest BCUT2D eigenvalue weighted by molar-refractivity contribution is 5.81. The molecule has 0 saturated carbocycles. The van der Waals surface area contributed by atoms with Crippen molar-refractivity contribution in [1.82, 2.24) is 5.48 Å². The van der Waals surface area contributed by atoms with Gasteiger partial charge in [0, 0.05) is 6.08 Å². The Morgan fingerprint density at radius 2 is 2.00 bits per heavy atom. The van der Waals surface area contributed by atoms with Crippen molar-refractivity contribution < 1.29 is 24.3 Å². The quantitative estimate of drug-likeness (QED) is 0.204. The number of amides is 1. The van der Waals surface area contributed by atoms with E-state index in [9.17, 15) is 9.59 Å². The Kier molecular flexibility index (Phi) is 5.37. The van der Waals surface area contributed by atoms with E-state index in [2.05, 4.69) is 16.1 Å². The first kappa shape index (κ1) is 10.4. The van der Waals surface area contributed by atoms with Crippen LogP contribution >= 0.6 is 0 Å². The Balaban J connectivity index is 3.27. The van der Waals surface area contributed by atoms with Crippen molar-refractivity contribution >= 4 is 12.1 Å². The lowest BCUT2D eigenvalue weighted by Gasteiger charge is -2.02. The van der Waals surface area contributed by atoms with Gasteiger partial charge in [0.1, 0.15) is 13.2 Å². The van der Waals surface area contributed by atoms with Gasteiger partial charge < -0.3 is 9.47 Å². The lowest BCUT2D eigenvalue weighted by atomic mass is 10.6. The van der Waals surface area contributed by atoms with E-state index in [1.807, 2.05) is 0 Å². The zero-order valence-electron chi connectivity index (χ0n) is 6.28. The van der Waals surface area contributed by atoms with Crippen LogP contribution in [0.5, 0.6) is 0 Å². The number of hydrogen-bond donors (Lipinski definition) is 2. The number of hydroxylamine groups is 1. The molecule has 68 valence electrons. The molecule has 2 N–H and O–H groups in total. The average Bonchev–Trinajstić information content (AvgIpc) is 2.11. The highest BCUT2D eigenvalue weighted by Crippen LogP contribution is 1.81. The normalized spacial score (nSPS) is 8.42. The molecular formula is C6H9NO5. The van der Waals surface area contributed by atoms with Gasteiger partial charge in [-0.2, -0.15) is 0 Å². The van der Waals surface area contributed by atoms with E-state index in [4.69, 9.17) is 5.21 Å². The molecule has 0 radical (unpaired) electrons. The SMILES string of the molecule is C=CC(=O)OCCOC(=O)NO. The van der Waals surface area contributed by atoms with Crippen LogP contribution in [0, 0.1) is 0 Å². The number of rotatable bonds is 4. The molecule has 0 spiro atoms. The summed E-state index contributed by atoms with van der Waals surface area (Å²) in [5.74, 6) is -0.594. The van der Waals surface area contributed by atoms with E-state index in [0.717, 1.165) is 6.08 Å². The standard InChI is InChI=1S/C6H9NO5/c1-2-5(8)11-3-4-12-6(9)7-10/h2,10H,1,3-4H2,(H,7,9). The van der Waals surface area contributed by atoms with Crippen molar-refractivity contribution in [2.24, 2.45) is 0 Å². The maximum Gasteiger partial charge on any atom is 0.431 e. The van der Waals surface area contributed by atoms with Crippen LogP contribution in [0.15, 0.2) is 12.7 Å². The van der Waals surface area contributed by atoms with Crippen LogP contribution in [-0.2, 0) is 14.3 Å². The van der Waals surface area contributed by atoms with E-state index in [1.54, 1.807) is 0 Å². The highest BCUT2D eigenvalue weighted by Gasteiger charge is 1.99. The first-order chi connectivity index (χ1) is 5.70. The van der Waals surface area contributed by atoms with Gasteiger partial charge in [-0.3, -0.25) is 5.21 Å². The molecule has 0 aromatic carbocycles. The van der Waals surface area contributed by atoms with E-state index >= 15 is 0 Å². The van der Waals surface area contributed by atoms with Gasteiger partial charge in [0.25, 0.3) is 0 Å². The molecule has 0 unspecified atom stereocenters. The molecule has 0 bridgehead atoms. The molecule has 0 fully saturated rings. The summed E-state index contributed by atoms with van der Waals surface area (Å²) in [6.07, 6.45) is -0.00352. The Morgan fingerprint density at radius 1 is 1.42 bits per heavy atom. The van der Waals surface area contributed by atoms with Gasteiger partial charge in [-0.1, -0.05) is 6.58 Å². The van der Waals surface area contributed by atoms with Crippen LogP contribution in [0.4, 0.5) is 4.79 Å². The summed E-state index contributed by atoms with van der Waals surface area (Å²) >= 11 is 0. The molecule has 0 aromatic rings. The van der Waals surface area contributed by atoms with Crippen molar-refractivity contribution in [3.8, 4) is 0 Å². The summed E-state index contributed by atoms with van der Waals surface area (Å²) in [5.41, 5.74) is 1.25. The number of carbonyl (C=O) groups is 2. The first-order valence-corrected chi connectivity index (χ1v) is 3.06. The van der Waals surface area contributed by atoms with Crippen molar-refractivity contribution in [2.45, 2.75) is 0 Å². The van der Waals surface area contributed by atoms with E-state index in [1.165, 1.54) is 5.48 Å². The molecule has 0 rings (SSSR count). The molecule has 0 aliphatic heterocycles. The average molecular weight is 175 g/mol. The predicted octanol–water partition coefficient (Wildman–Crippen LogP) is -0.169. The minimum Gasteiger partial charge on any atom is -0.459 e. The Bertz CT molecular complexity index is 179. The molecule has 6 nitrogen and oxygen atoms in total. The smallest absolute Gasteiger partial charge is 0.431 e. The third-order valence-electron chi connectivity index (χ3n) is 0.819. The van der Waals surface area contributed by atoms with Gasteiger partial charge in [0.2, 0.25) is 0 Å². The van der Waals surface area contributed by atoms with Gasteiger partial charge in [-0.25, -0.2) is 15.1 Å². The summed E-state index contributed by atoms with van der Waals surface area (Å²) in [4.78, 5) is 20.6. The fraction of sp³-hybridized carbons (Fsp3) is 0.333. The predicted molar refractivity (Wildman–Crippen MR) is 37.4 cm³/mol. The number of esters is 1. The lowest BCUT2D eigenvalue weighted by molar-refractivity contribution is -0.138. The second-order valence-electron chi connectivity index (χ2n) is 1.62. The first-order valence-electron chi connectivity index (χ1n) is 3.06. The lowest BCUT2D eigenvalue weighted by Crippen LogP contribution is -2.22. The third-order valence-corrected chi connectivity index (χ3v) is 0.819. The molecule has 0 aromatic heterocycles. The van der Waals surface area contributed by atoms with E-state index in [-0.39, 0.29) is 13.2 Å². The number of nitrogens with one attached hydrogen (secondary N) is 1. The summed E-state index contributed by atoms with van der Waals surface area (Å²) in [5, 5.41) is 7.94. The highest BCUT2D eigenvalue weighted by atomic mass is 16.6. The van der Waals surface area contributed by atoms with Crippen molar-refractivity contribution in [1.29, 1.82) is 0 Å². The summed E-state index contributed by atoms with van der Waals surface area (Å²) in [7, 11) is 0. The van der Waals surface area contributed by atoms with Crippen LogP contribution in [-0.4, -0.2) is 30.5 Å². The van der Waals surface area contributed by atoms with Gasteiger partial charge in [0.05, 0.1) is 0 Å². The molecule has 0 saturated heterocycles. The fourth-order valence-corrected chi connectivity index (χ4v) is 0.368. The molecule has 6 heteroatoms. The fourth-order valence-electron chi connectivity index (χ4n) is 0.368. The van der Waals surface area contributed by atoms with E-state index < -0.39 is 12.1 Å². The second kappa shape index (κ2) is 6.17. The van der Waals surface area contributed by atoms with Crippen molar-refractivity contribution in [2.75, 3.05) is 13.2 Å². The zero-order valence-corrected chi connectivity index (χ0v) is 6.28. The number of ether oxygens (including phenoxy) is 2. The Hall–Kier alpha value is -1.56. The van der Waals surface area contributed by atoms with Crippen LogP contribution in [0.2, 0.25) is 0 Å². The van der Waals surface area contributed by atoms with Crippen molar-refractivity contribution in [3.05, 3.63) is 12.7 Å². The monoisotopic (exact) mass is 175 g/mol. The Labute approximate surface area is 68.7 Å². The molecular weight excluding hydrogens is 166 g/mol. The number of hydrogen-bond acceptors (Lipinski definition) is 5. The molecule has 12 heavy (non-hydrogen) atoms. The molecule has 0 aliphatic rings. The molecule has 0 aliphatic carbocycles. The molecule has 0 atom stereocenters. The third kappa shape index (κ3) is 5.24. The zero-order chi connectivity index (χ0) is 9.40. The van der Waals surface area contributed by atoms with Crippen LogP contribution in [0.3, 0.4) is 0 Å². The minimum atomic E-state index is -0.996. The van der Waals surface area contributed by atoms with Crippen LogP contribution in [0.25, 0.3) is 0 Å².